The van der Waals surface area contributed by atoms with Crippen LogP contribution in [0.15, 0.2) is 6.07 Å². The van der Waals surface area contributed by atoms with E-state index in [0.717, 1.165) is 0 Å². The van der Waals surface area contributed by atoms with E-state index in [1.807, 2.05) is 20.8 Å². The van der Waals surface area contributed by atoms with E-state index in [9.17, 15) is 9.59 Å². The fraction of sp³-hybridized carbons (Fsp3) is 0.615. The summed E-state index contributed by atoms with van der Waals surface area (Å²) < 4.78 is 11.8. The number of hydrogen-bond acceptors (Lipinski definition) is 5. The highest BCUT2D eigenvalue weighted by Crippen LogP contribution is 2.24. The van der Waals surface area contributed by atoms with Crippen molar-refractivity contribution >= 4 is 17.9 Å². The van der Waals surface area contributed by atoms with Crippen molar-refractivity contribution in [3.63, 3.8) is 0 Å². The van der Waals surface area contributed by atoms with Gasteiger partial charge in [0.1, 0.15) is 11.4 Å². The number of anilines is 1. The summed E-state index contributed by atoms with van der Waals surface area (Å²) >= 11 is 0. The van der Waals surface area contributed by atoms with Crippen LogP contribution in [0.25, 0.3) is 0 Å². The van der Waals surface area contributed by atoms with Crippen LogP contribution in [0.1, 0.15) is 38.2 Å². The van der Waals surface area contributed by atoms with Crippen LogP contribution in [0.3, 0.4) is 0 Å². The summed E-state index contributed by atoms with van der Waals surface area (Å²) in [6.07, 6.45) is -0.438. The normalized spacial score (nSPS) is 14.1. The largest absolute Gasteiger partial charge is 0.461 e. The lowest BCUT2D eigenvalue weighted by molar-refractivity contribution is 0.0515. The maximum Gasteiger partial charge on any atom is 0.416 e. The summed E-state index contributed by atoms with van der Waals surface area (Å²) in [5.74, 6) is 0.0702. The summed E-state index contributed by atoms with van der Waals surface area (Å²) in [6.45, 7) is 8.47. The molecular formula is C13H19N3O4. The van der Waals surface area contributed by atoms with Gasteiger partial charge in [-0.1, -0.05) is 0 Å². The maximum atomic E-state index is 12.1. The first-order valence-electron chi connectivity index (χ1n) is 6.57. The van der Waals surface area contributed by atoms with E-state index in [1.165, 1.54) is 4.90 Å². The second-order valence-electron chi connectivity index (χ2n) is 5.46. The average Bonchev–Trinajstić information content (AvgIpc) is 2.84. The number of esters is 1. The zero-order valence-corrected chi connectivity index (χ0v) is 12.2. The van der Waals surface area contributed by atoms with Crippen molar-refractivity contribution < 1.29 is 19.1 Å². The zero-order valence-electron chi connectivity index (χ0n) is 12.2. The predicted molar refractivity (Wildman–Crippen MR) is 71.8 cm³/mol. The molecule has 1 aliphatic rings. The van der Waals surface area contributed by atoms with Crippen LogP contribution in [0.5, 0.6) is 0 Å². The summed E-state index contributed by atoms with van der Waals surface area (Å²) in [7, 11) is 0. The number of carbonyl (C=O) groups excluding carboxylic acids is 2. The van der Waals surface area contributed by atoms with Crippen LogP contribution < -0.4 is 4.90 Å². The smallest absolute Gasteiger partial charge is 0.416 e. The van der Waals surface area contributed by atoms with Crippen molar-refractivity contribution in [1.29, 1.82) is 0 Å². The SMILES string of the molecule is CCOC(=O)c1cc2n(n1)CCN2C(=O)OC(C)(C)C. The Hall–Kier alpha value is -2.05. The average molecular weight is 281 g/mol. The predicted octanol–water partition coefficient (Wildman–Crippen LogP) is 1.81. The van der Waals surface area contributed by atoms with E-state index in [1.54, 1.807) is 17.7 Å². The molecule has 110 valence electrons. The number of amides is 1. The minimum absolute atomic E-state index is 0.204. The van der Waals surface area contributed by atoms with Crippen LogP contribution in [0.2, 0.25) is 0 Å². The third kappa shape index (κ3) is 2.92. The number of rotatable bonds is 2. The van der Waals surface area contributed by atoms with E-state index in [0.29, 0.717) is 18.9 Å². The van der Waals surface area contributed by atoms with Gasteiger partial charge in [-0.2, -0.15) is 5.10 Å². The highest BCUT2D eigenvalue weighted by molar-refractivity contribution is 5.92. The molecule has 7 heteroatoms. The van der Waals surface area contributed by atoms with Gasteiger partial charge in [-0.3, -0.25) is 4.90 Å². The molecule has 2 heterocycles. The first kappa shape index (κ1) is 14.4. The number of fused-ring (bicyclic) bond motifs is 1. The van der Waals surface area contributed by atoms with E-state index in [4.69, 9.17) is 9.47 Å². The van der Waals surface area contributed by atoms with Crippen molar-refractivity contribution in [3.05, 3.63) is 11.8 Å². The van der Waals surface area contributed by atoms with Crippen molar-refractivity contribution in [2.45, 2.75) is 39.8 Å². The Bertz CT molecular complexity index is 530. The summed E-state index contributed by atoms with van der Waals surface area (Å²) in [6, 6.07) is 1.55. The minimum atomic E-state index is -0.561. The molecule has 0 radical (unpaired) electrons. The molecule has 0 spiro atoms. The number of aromatic nitrogens is 2. The molecule has 0 aromatic carbocycles. The van der Waals surface area contributed by atoms with Crippen LogP contribution in [0.4, 0.5) is 10.6 Å². The topological polar surface area (TPSA) is 73.7 Å². The van der Waals surface area contributed by atoms with Gasteiger partial charge >= 0.3 is 12.1 Å². The highest BCUT2D eigenvalue weighted by atomic mass is 16.6. The standard InChI is InChI=1S/C13H19N3O4/c1-5-19-11(17)9-8-10-15(6-7-16(10)14-9)12(18)20-13(2,3)4/h8H,5-7H2,1-4H3. The van der Waals surface area contributed by atoms with E-state index in [-0.39, 0.29) is 12.3 Å². The van der Waals surface area contributed by atoms with Gasteiger partial charge in [0.25, 0.3) is 0 Å². The van der Waals surface area contributed by atoms with Crippen LogP contribution >= 0.6 is 0 Å². The second kappa shape index (κ2) is 5.15. The molecule has 1 aliphatic heterocycles. The fourth-order valence-corrected chi connectivity index (χ4v) is 1.90. The molecule has 2 rings (SSSR count). The molecule has 20 heavy (non-hydrogen) atoms. The Labute approximate surface area is 117 Å². The summed E-state index contributed by atoms with van der Waals surface area (Å²) in [4.78, 5) is 25.2. The Morgan fingerprint density at radius 1 is 1.35 bits per heavy atom. The van der Waals surface area contributed by atoms with Crippen molar-refractivity contribution in [2.75, 3.05) is 18.1 Å². The van der Waals surface area contributed by atoms with Crippen molar-refractivity contribution in [3.8, 4) is 0 Å². The Morgan fingerprint density at radius 3 is 2.65 bits per heavy atom. The molecule has 0 unspecified atom stereocenters. The molecule has 0 fully saturated rings. The van der Waals surface area contributed by atoms with E-state index < -0.39 is 17.7 Å². The van der Waals surface area contributed by atoms with Crippen molar-refractivity contribution in [2.24, 2.45) is 0 Å². The summed E-state index contributed by atoms with van der Waals surface area (Å²) in [5.41, 5.74) is -0.357. The first-order chi connectivity index (χ1) is 9.31. The van der Waals surface area contributed by atoms with Gasteiger partial charge in [0, 0.05) is 6.07 Å². The zero-order chi connectivity index (χ0) is 14.9. The molecule has 0 atom stereocenters. The lowest BCUT2D eigenvalue weighted by Gasteiger charge is -2.23. The van der Waals surface area contributed by atoms with Gasteiger partial charge in [-0.15, -0.1) is 0 Å². The third-order valence-corrected chi connectivity index (χ3v) is 2.67. The van der Waals surface area contributed by atoms with E-state index >= 15 is 0 Å². The molecule has 1 aromatic heterocycles. The minimum Gasteiger partial charge on any atom is -0.461 e. The van der Waals surface area contributed by atoms with Crippen molar-refractivity contribution in [1.82, 2.24) is 9.78 Å². The highest BCUT2D eigenvalue weighted by Gasteiger charge is 2.31. The first-order valence-corrected chi connectivity index (χ1v) is 6.57. The van der Waals surface area contributed by atoms with Gasteiger partial charge in [0.2, 0.25) is 0 Å². The Kier molecular flexibility index (Phi) is 3.69. The molecule has 0 bridgehead atoms. The van der Waals surface area contributed by atoms with Crippen LogP contribution in [-0.4, -0.2) is 40.6 Å². The quantitative estimate of drug-likeness (QED) is 0.773. The number of nitrogens with zero attached hydrogens (tertiary/aromatic N) is 3. The van der Waals surface area contributed by atoms with Crippen LogP contribution in [0, 0.1) is 0 Å². The number of ether oxygens (including phenoxy) is 2. The van der Waals surface area contributed by atoms with Gasteiger partial charge in [-0.25, -0.2) is 14.3 Å². The molecule has 1 aromatic rings. The molecule has 7 nitrogen and oxygen atoms in total. The Balaban J connectivity index is 2.16. The fourth-order valence-electron chi connectivity index (χ4n) is 1.90. The number of carbonyl (C=O) groups is 2. The second-order valence-corrected chi connectivity index (χ2v) is 5.46. The summed E-state index contributed by atoms with van der Waals surface area (Å²) in [5, 5.41) is 4.13. The monoisotopic (exact) mass is 281 g/mol. The molecule has 0 saturated carbocycles. The lowest BCUT2D eigenvalue weighted by Crippen LogP contribution is -2.35. The maximum absolute atomic E-state index is 12.1. The van der Waals surface area contributed by atoms with Gasteiger partial charge in [0.05, 0.1) is 19.7 Å². The molecule has 0 aliphatic carbocycles. The van der Waals surface area contributed by atoms with Gasteiger partial charge < -0.3 is 9.47 Å². The van der Waals surface area contributed by atoms with Gasteiger partial charge in [-0.05, 0) is 27.7 Å². The molecular weight excluding hydrogens is 262 g/mol. The number of hydrogen-bond donors (Lipinski definition) is 0. The molecule has 1 amide bonds. The molecule has 0 N–H and O–H groups in total. The van der Waals surface area contributed by atoms with Gasteiger partial charge in [0.15, 0.2) is 5.69 Å². The third-order valence-electron chi connectivity index (χ3n) is 2.67. The van der Waals surface area contributed by atoms with Crippen LogP contribution in [-0.2, 0) is 16.0 Å². The lowest BCUT2D eigenvalue weighted by atomic mass is 10.2. The Morgan fingerprint density at radius 2 is 2.05 bits per heavy atom. The molecule has 0 saturated heterocycles. The van der Waals surface area contributed by atoms with E-state index in [2.05, 4.69) is 5.10 Å².